The first-order valence-electron chi connectivity index (χ1n) is 10.7. The molecule has 1 heterocycles. The van der Waals surface area contributed by atoms with Crippen molar-refractivity contribution in [1.29, 1.82) is 0 Å². The van der Waals surface area contributed by atoms with Gasteiger partial charge in [-0.3, -0.25) is 14.4 Å². The van der Waals surface area contributed by atoms with E-state index in [1.54, 1.807) is 19.2 Å². The number of rotatable bonds is 9. The highest BCUT2D eigenvalue weighted by Gasteiger charge is 2.33. The molecule has 1 aromatic carbocycles. The van der Waals surface area contributed by atoms with E-state index in [0.717, 1.165) is 5.56 Å². The first-order valence-corrected chi connectivity index (χ1v) is 10.7. The number of amides is 3. The normalized spacial score (nSPS) is 15.7. The van der Waals surface area contributed by atoms with Gasteiger partial charge in [0.1, 0.15) is 6.04 Å². The summed E-state index contributed by atoms with van der Waals surface area (Å²) in [6.07, 6.45) is 1.90. The fourth-order valence-electron chi connectivity index (χ4n) is 3.67. The SMILES string of the molecule is COCCNC(=O)[C@@H](NC(=O)c1ccc(C)cc1)C1CCN(C(=O)CC(C)C)CC1. The molecule has 0 saturated carbocycles. The Bertz CT molecular complexity index is 710. The van der Waals surface area contributed by atoms with Crippen LogP contribution in [0.1, 0.15) is 49.0 Å². The zero-order valence-electron chi connectivity index (χ0n) is 18.6. The molecule has 7 nitrogen and oxygen atoms in total. The van der Waals surface area contributed by atoms with E-state index in [9.17, 15) is 14.4 Å². The topological polar surface area (TPSA) is 87.7 Å². The first kappa shape index (κ1) is 23.9. The van der Waals surface area contributed by atoms with E-state index in [2.05, 4.69) is 10.6 Å². The lowest BCUT2D eigenvalue weighted by Crippen LogP contribution is -2.54. The maximum atomic E-state index is 12.8. The zero-order valence-corrected chi connectivity index (χ0v) is 18.6. The van der Waals surface area contributed by atoms with Crippen LogP contribution in [0, 0.1) is 18.8 Å². The molecule has 1 saturated heterocycles. The molecular weight excluding hydrogens is 382 g/mol. The summed E-state index contributed by atoms with van der Waals surface area (Å²) in [4.78, 5) is 39.8. The van der Waals surface area contributed by atoms with Gasteiger partial charge < -0.3 is 20.3 Å². The minimum atomic E-state index is -0.641. The van der Waals surface area contributed by atoms with Gasteiger partial charge in [0.2, 0.25) is 11.8 Å². The van der Waals surface area contributed by atoms with E-state index >= 15 is 0 Å². The number of benzene rings is 1. The molecule has 0 spiro atoms. The van der Waals surface area contributed by atoms with Crippen LogP contribution >= 0.6 is 0 Å². The molecule has 0 radical (unpaired) electrons. The summed E-state index contributed by atoms with van der Waals surface area (Å²) in [7, 11) is 1.58. The molecule has 30 heavy (non-hydrogen) atoms. The Labute approximate surface area is 179 Å². The number of ether oxygens (including phenoxy) is 1. The van der Waals surface area contributed by atoms with Gasteiger partial charge in [0.25, 0.3) is 5.91 Å². The lowest BCUT2D eigenvalue weighted by Gasteiger charge is -2.36. The Balaban J connectivity index is 2.04. The van der Waals surface area contributed by atoms with Crippen molar-refractivity contribution in [3.05, 3.63) is 35.4 Å². The summed E-state index contributed by atoms with van der Waals surface area (Å²) in [6, 6.07) is 6.64. The molecule has 7 heteroatoms. The average molecular weight is 418 g/mol. The largest absolute Gasteiger partial charge is 0.383 e. The van der Waals surface area contributed by atoms with Crippen LogP contribution in [0.4, 0.5) is 0 Å². The lowest BCUT2D eigenvalue weighted by atomic mass is 9.88. The molecule has 0 unspecified atom stereocenters. The summed E-state index contributed by atoms with van der Waals surface area (Å²) in [5.41, 5.74) is 1.60. The van der Waals surface area contributed by atoms with Crippen LogP contribution in [-0.2, 0) is 14.3 Å². The van der Waals surface area contributed by atoms with E-state index in [1.165, 1.54) is 0 Å². The number of nitrogens with zero attached hydrogens (tertiary/aromatic N) is 1. The minimum Gasteiger partial charge on any atom is -0.383 e. The molecule has 1 aliphatic rings. The fraction of sp³-hybridized carbons (Fsp3) is 0.609. The summed E-state index contributed by atoms with van der Waals surface area (Å²) < 4.78 is 5.00. The molecule has 1 aliphatic heterocycles. The molecule has 1 fully saturated rings. The molecule has 0 bridgehead atoms. The highest BCUT2D eigenvalue weighted by Crippen LogP contribution is 2.23. The van der Waals surface area contributed by atoms with Gasteiger partial charge >= 0.3 is 0 Å². The zero-order chi connectivity index (χ0) is 22.1. The minimum absolute atomic E-state index is 0.0231. The third-order valence-electron chi connectivity index (χ3n) is 5.43. The van der Waals surface area contributed by atoms with Gasteiger partial charge in [-0.1, -0.05) is 31.5 Å². The van der Waals surface area contributed by atoms with E-state index in [-0.39, 0.29) is 23.6 Å². The van der Waals surface area contributed by atoms with Crippen LogP contribution in [0.2, 0.25) is 0 Å². The van der Waals surface area contributed by atoms with Crippen molar-refractivity contribution in [2.45, 2.75) is 46.1 Å². The molecule has 1 aromatic rings. The summed E-state index contributed by atoms with van der Waals surface area (Å²) in [5, 5.41) is 5.78. The monoisotopic (exact) mass is 417 g/mol. The Morgan fingerprint density at radius 2 is 1.77 bits per heavy atom. The van der Waals surface area contributed by atoms with Crippen molar-refractivity contribution in [3.8, 4) is 0 Å². The van der Waals surface area contributed by atoms with Crippen LogP contribution in [0.5, 0.6) is 0 Å². The van der Waals surface area contributed by atoms with Crippen molar-refractivity contribution >= 4 is 17.7 Å². The first-order chi connectivity index (χ1) is 14.3. The number of likely N-dealkylation sites (tertiary alicyclic amines) is 1. The highest BCUT2D eigenvalue weighted by molar-refractivity contribution is 5.97. The number of piperidine rings is 1. The second-order valence-electron chi connectivity index (χ2n) is 8.42. The Morgan fingerprint density at radius 1 is 1.13 bits per heavy atom. The van der Waals surface area contributed by atoms with Crippen LogP contribution in [0.3, 0.4) is 0 Å². The van der Waals surface area contributed by atoms with E-state index in [0.29, 0.717) is 57.0 Å². The third-order valence-corrected chi connectivity index (χ3v) is 5.43. The fourth-order valence-corrected chi connectivity index (χ4v) is 3.67. The van der Waals surface area contributed by atoms with Crippen LogP contribution < -0.4 is 10.6 Å². The Kier molecular flexibility index (Phi) is 9.30. The number of aryl methyl sites for hydroxylation is 1. The Hall–Kier alpha value is -2.41. The van der Waals surface area contributed by atoms with Gasteiger partial charge in [-0.15, -0.1) is 0 Å². The molecule has 166 valence electrons. The maximum absolute atomic E-state index is 12.8. The molecule has 2 N–H and O–H groups in total. The maximum Gasteiger partial charge on any atom is 0.251 e. The van der Waals surface area contributed by atoms with Crippen molar-refractivity contribution in [2.75, 3.05) is 33.4 Å². The average Bonchev–Trinajstić information content (AvgIpc) is 2.72. The third kappa shape index (κ3) is 7.13. The van der Waals surface area contributed by atoms with E-state index in [1.807, 2.05) is 37.8 Å². The summed E-state index contributed by atoms with van der Waals surface area (Å²) >= 11 is 0. The smallest absolute Gasteiger partial charge is 0.251 e. The van der Waals surface area contributed by atoms with Gasteiger partial charge in [0.15, 0.2) is 0 Å². The number of hydrogen-bond acceptors (Lipinski definition) is 4. The lowest BCUT2D eigenvalue weighted by molar-refractivity contribution is -0.133. The van der Waals surface area contributed by atoms with E-state index < -0.39 is 6.04 Å². The van der Waals surface area contributed by atoms with Crippen molar-refractivity contribution < 1.29 is 19.1 Å². The number of hydrogen-bond donors (Lipinski definition) is 2. The van der Waals surface area contributed by atoms with Crippen molar-refractivity contribution in [3.63, 3.8) is 0 Å². The van der Waals surface area contributed by atoms with Crippen molar-refractivity contribution in [1.82, 2.24) is 15.5 Å². The van der Waals surface area contributed by atoms with Crippen LogP contribution in [0.15, 0.2) is 24.3 Å². The molecule has 2 rings (SSSR count). The van der Waals surface area contributed by atoms with Gasteiger partial charge in [-0.05, 0) is 43.7 Å². The second-order valence-corrected chi connectivity index (χ2v) is 8.42. The number of nitrogens with one attached hydrogen (secondary N) is 2. The predicted octanol–water partition coefficient (Wildman–Crippen LogP) is 2.14. The van der Waals surface area contributed by atoms with E-state index in [4.69, 9.17) is 4.74 Å². The van der Waals surface area contributed by atoms with Gasteiger partial charge in [-0.25, -0.2) is 0 Å². The van der Waals surface area contributed by atoms with Crippen molar-refractivity contribution in [2.24, 2.45) is 11.8 Å². The molecule has 0 aromatic heterocycles. The molecule has 0 aliphatic carbocycles. The highest BCUT2D eigenvalue weighted by atomic mass is 16.5. The molecule has 3 amide bonds. The summed E-state index contributed by atoms with van der Waals surface area (Å²) in [6.45, 7) is 8.04. The molecular formula is C23H35N3O4. The van der Waals surface area contributed by atoms with Gasteiger partial charge in [0, 0.05) is 38.7 Å². The summed E-state index contributed by atoms with van der Waals surface area (Å²) in [5.74, 6) is -0.0127. The quantitative estimate of drug-likeness (QED) is 0.603. The predicted molar refractivity (Wildman–Crippen MR) is 116 cm³/mol. The van der Waals surface area contributed by atoms with Crippen LogP contribution in [0.25, 0.3) is 0 Å². The van der Waals surface area contributed by atoms with Gasteiger partial charge in [-0.2, -0.15) is 0 Å². The Morgan fingerprint density at radius 3 is 2.33 bits per heavy atom. The number of carbonyl (C=O) groups excluding carboxylic acids is 3. The van der Waals surface area contributed by atoms with Crippen LogP contribution in [-0.4, -0.2) is 62.0 Å². The number of methoxy groups -OCH3 is 1. The standard InChI is InChI=1S/C23H35N3O4/c1-16(2)15-20(27)26-12-9-18(10-13-26)21(23(29)24-11-14-30-4)25-22(28)19-7-5-17(3)6-8-19/h5-8,16,18,21H,9-15H2,1-4H3,(H,24,29)(H,25,28)/t21-/m0/s1. The molecule has 1 atom stereocenters. The second kappa shape index (κ2) is 11.7. The number of carbonyl (C=O) groups is 3. The van der Waals surface area contributed by atoms with Gasteiger partial charge in [0.05, 0.1) is 6.61 Å².